The van der Waals surface area contributed by atoms with Crippen LogP contribution in [-0.2, 0) is 10.2 Å². The summed E-state index contributed by atoms with van der Waals surface area (Å²) in [7, 11) is 0. The van der Waals surface area contributed by atoms with Crippen LogP contribution < -0.4 is 10.1 Å². The van der Waals surface area contributed by atoms with Crippen molar-refractivity contribution in [3.05, 3.63) is 109 Å². The van der Waals surface area contributed by atoms with Crippen LogP contribution in [0.5, 0.6) is 5.75 Å². The van der Waals surface area contributed by atoms with Crippen LogP contribution in [0.4, 0.5) is 5.69 Å². The van der Waals surface area contributed by atoms with Crippen molar-refractivity contribution >= 4 is 11.6 Å². The third-order valence-corrected chi connectivity index (χ3v) is 4.64. The first-order chi connectivity index (χ1) is 13.1. The maximum atomic E-state index is 13.3. The van der Waals surface area contributed by atoms with Crippen LogP contribution >= 0.6 is 0 Å². The Labute approximate surface area is 160 Å². The number of nitrogens with one attached hydrogen (secondary N) is 1. The summed E-state index contributed by atoms with van der Waals surface area (Å²) in [5, 5.41) is 3.05. The summed E-state index contributed by atoms with van der Waals surface area (Å²) < 4.78 is 5.49. The number of carbonyl (C=O) groups excluding carboxylic acids is 1. The van der Waals surface area contributed by atoms with Crippen molar-refractivity contribution in [1.29, 1.82) is 0 Å². The molecule has 0 unspecified atom stereocenters. The van der Waals surface area contributed by atoms with Gasteiger partial charge < -0.3 is 10.1 Å². The van der Waals surface area contributed by atoms with E-state index in [1.165, 1.54) is 0 Å². The van der Waals surface area contributed by atoms with Crippen molar-refractivity contribution in [2.45, 2.75) is 12.3 Å². The van der Waals surface area contributed by atoms with E-state index >= 15 is 0 Å². The van der Waals surface area contributed by atoms with Crippen molar-refractivity contribution in [2.24, 2.45) is 0 Å². The summed E-state index contributed by atoms with van der Waals surface area (Å²) in [5.41, 5.74) is 1.81. The van der Waals surface area contributed by atoms with Gasteiger partial charge in [0.1, 0.15) is 12.4 Å². The Hall–Kier alpha value is -3.33. The van der Waals surface area contributed by atoms with E-state index in [-0.39, 0.29) is 5.91 Å². The van der Waals surface area contributed by atoms with Gasteiger partial charge in [-0.1, -0.05) is 73.3 Å². The second-order valence-electron chi connectivity index (χ2n) is 6.44. The zero-order valence-electron chi connectivity index (χ0n) is 15.4. The van der Waals surface area contributed by atoms with Crippen molar-refractivity contribution in [3.8, 4) is 5.75 Å². The van der Waals surface area contributed by atoms with Crippen molar-refractivity contribution in [1.82, 2.24) is 0 Å². The Kier molecular flexibility index (Phi) is 5.72. The Balaban J connectivity index is 1.89. The lowest BCUT2D eigenvalue weighted by atomic mass is 9.75. The van der Waals surface area contributed by atoms with Crippen LogP contribution in [0.3, 0.4) is 0 Å². The fourth-order valence-electron chi connectivity index (χ4n) is 3.02. The maximum absolute atomic E-state index is 13.3. The first kappa shape index (κ1) is 18.5. The van der Waals surface area contributed by atoms with Gasteiger partial charge in [-0.3, -0.25) is 4.79 Å². The molecule has 3 nitrogen and oxygen atoms in total. The normalized spacial score (nSPS) is 10.9. The Morgan fingerprint density at radius 3 is 1.93 bits per heavy atom. The van der Waals surface area contributed by atoms with Crippen molar-refractivity contribution in [2.75, 3.05) is 11.9 Å². The van der Waals surface area contributed by atoms with Crippen LogP contribution in [-0.4, -0.2) is 12.5 Å². The summed E-state index contributed by atoms with van der Waals surface area (Å²) in [4.78, 5) is 13.3. The molecular weight excluding hydrogens is 334 g/mol. The first-order valence-corrected chi connectivity index (χ1v) is 8.91. The standard InChI is InChI=1S/C24H23NO2/c1-3-18-27-22-16-14-21(15-17-22)25-23(26)24(2,19-10-6-4-7-11-19)20-12-8-5-9-13-20/h3-17H,1,18H2,2H3,(H,25,26). The molecule has 0 aliphatic carbocycles. The molecule has 3 heteroatoms. The quantitative estimate of drug-likeness (QED) is 0.591. The van der Waals surface area contributed by atoms with E-state index in [0.717, 1.165) is 22.6 Å². The molecule has 0 aliphatic heterocycles. The van der Waals surface area contributed by atoms with Crippen LogP contribution in [0.25, 0.3) is 0 Å². The molecule has 0 fully saturated rings. The highest BCUT2D eigenvalue weighted by Crippen LogP contribution is 2.33. The molecule has 0 saturated heterocycles. The Morgan fingerprint density at radius 1 is 0.926 bits per heavy atom. The fourth-order valence-corrected chi connectivity index (χ4v) is 3.02. The number of hydrogen-bond donors (Lipinski definition) is 1. The molecule has 3 aromatic carbocycles. The number of carbonyl (C=O) groups is 1. The lowest BCUT2D eigenvalue weighted by Gasteiger charge is -2.29. The number of amides is 1. The van der Waals surface area contributed by atoms with E-state index in [0.29, 0.717) is 6.61 Å². The summed E-state index contributed by atoms with van der Waals surface area (Å²) in [6.45, 7) is 6.04. The van der Waals surface area contributed by atoms with Gasteiger partial charge in [-0.15, -0.1) is 0 Å². The minimum Gasteiger partial charge on any atom is -0.490 e. The van der Waals surface area contributed by atoms with Crippen molar-refractivity contribution < 1.29 is 9.53 Å². The molecule has 3 aromatic rings. The molecule has 136 valence electrons. The molecule has 27 heavy (non-hydrogen) atoms. The lowest BCUT2D eigenvalue weighted by molar-refractivity contribution is -0.119. The molecule has 0 spiro atoms. The summed E-state index contributed by atoms with van der Waals surface area (Å²) in [5.74, 6) is 0.654. The Morgan fingerprint density at radius 2 is 1.44 bits per heavy atom. The lowest BCUT2D eigenvalue weighted by Crippen LogP contribution is -2.38. The highest BCUT2D eigenvalue weighted by atomic mass is 16.5. The number of hydrogen-bond acceptors (Lipinski definition) is 2. The number of anilines is 1. The van der Waals surface area contributed by atoms with E-state index in [4.69, 9.17) is 4.74 Å². The molecule has 0 bridgehead atoms. The predicted octanol–water partition coefficient (Wildman–Crippen LogP) is 5.20. The predicted molar refractivity (Wildman–Crippen MR) is 110 cm³/mol. The minimum absolute atomic E-state index is 0.0836. The van der Waals surface area contributed by atoms with Crippen molar-refractivity contribution in [3.63, 3.8) is 0 Å². The molecule has 1 N–H and O–H groups in total. The SMILES string of the molecule is C=CCOc1ccc(NC(=O)C(C)(c2ccccc2)c2ccccc2)cc1. The van der Waals surface area contributed by atoms with Crippen LogP contribution in [0, 0.1) is 0 Å². The molecule has 0 heterocycles. The summed E-state index contributed by atoms with van der Waals surface area (Å²) in [6, 6.07) is 27.0. The second kappa shape index (κ2) is 8.37. The zero-order valence-corrected chi connectivity index (χ0v) is 15.4. The molecule has 0 aromatic heterocycles. The molecule has 0 atom stereocenters. The topological polar surface area (TPSA) is 38.3 Å². The van der Waals surface area contributed by atoms with E-state index in [9.17, 15) is 4.79 Å². The van der Waals surface area contributed by atoms with E-state index in [1.54, 1.807) is 6.08 Å². The van der Waals surface area contributed by atoms with Gasteiger partial charge in [-0.05, 0) is 42.3 Å². The van der Waals surface area contributed by atoms with Gasteiger partial charge in [-0.25, -0.2) is 0 Å². The van der Waals surface area contributed by atoms with Gasteiger partial charge in [0, 0.05) is 5.69 Å². The molecule has 1 amide bonds. The fraction of sp³-hybridized carbons (Fsp3) is 0.125. The Bertz CT molecular complexity index is 847. The van der Waals surface area contributed by atoms with E-state index in [2.05, 4.69) is 11.9 Å². The minimum atomic E-state index is -0.805. The maximum Gasteiger partial charge on any atom is 0.239 e. The van der Waals surface area contributed by atoms with Crippen LogP contribution in [0.1, 0.15) is 18.1 Å². The van der Waals surface area contributed by atoms with Crippen LogP contribution in [0.15, 0.2) is 97.6 Å². The van der Waals surface area contributed by atoms with Crippen LogP contribution in [0.2, 0.25) is 0 Å². The number of ether oxygens (including phenoxy) is 1. The largest absolute Gasteiger partial charge is 0.490 e. The molecular formula is C24H23NO2. The number of rotatable bonds is 7. The zero-order chi connectivity index (χ0) is 19.1. The van der Waals surface area contributed by atoms with E-state index < -0.39 is 5.41 Å². The van der Waals surface area contributed by atoms with Gasteiger partial charge in [0.15, 0.2) is 0 Å². The first-order valence-electron chi connectivity index (χ1n) is 8.91. The van der Waals surface area contributed by atoms with Gasteiger partial charge in [-0.2, -0.15) is 0 Å². The average Bonchev–Trinajstić information content (AvgIpc) is 2.74. The highest BCUT2D eigenvalue weighted by molar-refractivity contribution is 6.01. The third-order valence-electron chi connectivity index (χ3n) is 4.64. The average molecular weight is 357 g/mol. The molecule has 3 rings (SSSR count). The van der Waals surface area contributed by atoms with Gasteiger partial charge >= 0.3 is 0 Å². The monoisotopic (exact) mass is 357 g/mol. The third kappa shape index (κ3) is 4.09. The smallest absolute Gasteiger partial charge is 0.239 e. The molecule has 0 radical (unpaired) electrons. The van der Waals surface area contributed by atoms with Gasteiger partial charge in [0.25, 0.3) is 0 Å². The van der Waals surface area contributed by atoms with Gasteiger partial charge in [0.2, 0.25) is 5.91 Å². The van der Waals surface area contributed by atoms with E-state index in [1.807, 2.05) is 91.9 Å². The summed E-state index contributed by atoms with van der Waals surface area (Å²) >= 11 is 0. The highest BCUT2D eigenvalue weighted by Gasteiger charge is 2.37. The summed E-state index contributed by atoms with van der Waals surface area (Å²) in [6.07, 6.45) is 1.70. The number of benzene rings is 3. The molecule has 0 saturated carbocycles. The molecule has 0 aliphatic rings. The van der Waals surface area contributed by atoms with Gasteiger partial charge in [0.05, 0.1) is 5.41 Å². The second-order valence-corrected chi connectivity index (χ2v) is 6.44.